The van der Waals surface area contributed by atoms with Crippen LogP contribution in [0.4, 0.5) is 5.69 Å². The molecule has 0 amide bonds. The molecule has 0 fully saturated rings. The topological polar surface area (TPSA) is 43.1 Å². The van der Waals surface area contributed by atoms with Gasteiger partial charge in [0.25, 0.3) is 5.69 Å². The van der Waals surface area contributed by atoms with Crippen LogP contribution in [0.5, 0.6) is 0 Å². The van der Waals surface area contributed by atoms with Gasteiger partial charge in [0.1, 0.15) is 0 Å². The maximum atomic E-state index is 10.7. The van der Waals surface area contributed by atoms with Gasteiger partial charge in [0.15, 0.2) is 0 Å². The third-order valence-corrected chi connectivity index (χ3v) is 4.32. The highest BCUT2D eigenvalue weighted by Gasteiger charge is 2.08. The number of aryl methyl sites for hydroxylation is 1. The highest BCUT2D eigenvalue weighted by molar-refractivity contribution is 14.1. The fourth-order valence-electron chi connectivity index (χ4n) is 1.49. The minimum atomic E-state index is -0.369. The van der Waals surface area contributed by atoms with E-state index >= 15 is 0 Å². The van der Waals surface area contributed by atoms with Gasteiger partial charge in [-0.15, -0.1) is 0 Å². The lowest BCUT2D eigenvalue weighted by atomic mass is 10.2. The first-order chi connectivity index (χ1) is 8.56. The Morgan fingerprint density at radius 3 is 2.39 bits per heavy atom. The molecule has 0 saturated heterocycles. The van der Waals surface area contributed by atoms with E-state index in [4.69, 9.17) is 0 Å². The van der Waals surface area contributed by atoms with Crippen molar-refractivity contribution in [2.24, 2.45) is 0 Å². The number of benzene rings is 2. The molecular weight excluding hydrogens is 361 g/mol. The standard InChI is InChI=1S/C13H10INO2S/c1-9-8-11(15(16)17)4-7-13(9)18-12-5-2-10(14)3-6-12/h2-8H,1H3. The lowest BCUT2D eigenvalue weighted by Gasteiger charge is -2.05. The highest BCUT2D eigenvalue weighted by atomic mass is 127. The van der Waals surface area contributed by atoms with Crippen molar-refractivity contribution in [1.29, 1.82) is 0 Å². The van der Waals surface area contributed by atoms with Crippen LogP contribution >= 0.6 is 34.4 Å². The van der Waals surface area contributed by atoms with Crippen molar-refractivity contribution in [3.8, 4) is 0 Å². The van der Waals surface area contributed by atoms with Crippen LogP contribution in [0.1, 0.15) is 5.56 Å². The Hall–Kier alpha value is -1.08. The van der Waals surface area contributed by atoms with Crippen LogP contribution in [0.25, 0.3) is 0 Å². The zero-order chi connectivity index (χ0) is 13.1. The number of non-ortho nitro benzene ring substituents is 1. The zero-order valence-corrected chi connectivity index (χ0v) is 12.6. The molecule has 2 rings (SSSR count). The summed E-state index contributed by atoms with van der Waals surface area (Å²) >= 11 is 3.88. The first kappa shape index (κ1) is 13.4. The summed E-state index contributed by atoms with van der Waals surface area (Å²) in [6.07, 6.45) is 0. The molecule has 0 atom stereocenters. The van der Waals surface area contributed by atoms with Crippen LogP contribution in [-0.2, 0) is 0 Å². The maximum absolute atomic E-state index is 10.7. The lowest BCUT2D eigenvalue weighted by molar-refractivity contribution is -0.385. The molecule has 0 aliphatic heterocycles. The van der Waals surface area contributed by atoms with Gasteiger partial charge in [-0.1, -0.05) is 11.8 Å². The molecule has 0 saturated carbocycles. The van der Waals surface area contributed by atoms with Gasteiger partial charge in [-0.2, -0.15) is 0 Å². The number of hydrogen-bond acceptors (Lipinski definition) is 3. The second kappa shape index (κ2) is 5.71. The van der Waals surface area contributed by atoms with Crippen molar-refractivity contribution in [2.45, 2.75) is 16.7 Å². The molecule has 0 spiro atoms. The van der Waals surface area contributed by atoms with Crippen molar-refractivity contribution in [3.63, 3.8) is 0 Å². The van der Waals surface area contributed by atoms with Crippen molar-refractivity contribution in [2.75, 3.05) is 0 Å². The molecule has 0 aromatic heterocycles. The molecule has 3 nitrogen and oxygen atoms in total. The van der Waals surface area contributed by atoms with Gasteiger partial charge in [0.2, 0.25) is 0 Å². The summed E-state index contributed by atoms with van der Waals surface area (Å²) in [6, 6.07) is 13.1. The summed E-state index contributed by atoms with van der Waals surface area (Å²) in [7, 11) is 0. The predicted octanol–water partition coefficient (Wildman–Crippen LogP) is 4.66. The first-order valence-corrected chi connectivity index (χ1v) is 7.14. The molecule has 0 aliphatic carbocycles. The van der Waals surface area contributed by atoms with Crippen LogP contribution in [0.3, 0.4) is 0 Å². The number of halogens is 1. The largest absolute Gasteiger partial charge is 0.269 e. The predicted molar refractivity (Wildman–Crippen MR) is 81.1 cm³/mol. The van der Waals surface area contributed by atoms with E-state index in [2.05, 4.69) is 22.6 Å². The van der Waals surface area contributed by atoms with E-state index in [-0.39, 0.29) is 10.6 Å². The van der Waals surface area contributed by atoms with Gasteiger partial charge in [-0.3, -0.25) is 10.1 Å². The van der Waals surface area contributed by atoms with Crippen LogP contribution in [0.2, 0.25) is 0 Å². The Morgan fingerprint density at radius 1 is 1.17 bits per heavy atom. The van der Waals surface area contributed by atoms with E-state index in [0.717, 1.165) is 15.4 Å². The number of nitro benzene ring substituents is 1. The SMILES string of the molecule is Cc1cc([N+](=O)[O-])ccc1Sc1ccc(I)cc1. The van der Waals surface area contributed by atoms with E-state index < -0.39 is 0 Å². The molecule has 0 unspecified atom stereocenters. The summed E-state index contributed by atoms with van der Waals surface area (Å²) in [5.74, 6) is 0. The third kappa shape index (κ3) is 3.23. The molecule has 0 aliphatic rings. The third-order valence-electron chi connectivity index (χ3n) is 2.41. The summed E-state index contributed by atoms with van der Waals surface area (Å²) in [6.45, 7) is 1.89. The Kier molecular flexibility index (Phi) is 4.23. The van der Waals surface area contributed by atoms with Gasteiger partial charge in [-0.25, -0.2) is 0 Å². The highest BCUT2D eigenvalue weighted by Crippen LogP contribution is 2.32. The zero-order valence-electron chi connectivity index (χ0n) is 9.59. The fraction of sp³-hybridized carbons (Fsp3) is 0.0769. The van der Waals surface area contributed by atoms with Crippen LogP contribution in [0.15, 0.2) is 52.3 Å². The molecule has 92 valence electrons. The molecule has 18 heavy (non-hydrogen) atoms. The van der Waals surface area contributed by atoms with E-state index in [0.29, 0.717) is 0 Å². The molecular formula is C13H10INO2S. The van der Waals surface area contributed by atoms with Crippen LogP contribution < -0.4 is 0 Å². The minimum Gasteiger partial charge on any atom is -0.258 e. The van der Waals surface area contributed by atoms with Gasteiger partial charge < -0.3 is 0 Å². The second-order valence-electron chi connectivity index (χ2n) is 3.76. The summed E-state index contributed by atoms with van der Waals surface area (Å²) in [5, 5.41) is 10.7. The summed E-state index contributed by atoms with van der Waals surface area (Å²) < 4.78 is 1.19. The van der Waals surface area contributed by atoms with Gasteiger partial charge >= 0.3 is 0 Å². The number of nitro groups is 1. The minimum absolute atomic E-state index is 0.138. The van der Waals surface area contributed by atoms with Crippen molar-refractivity contribution in [3.05, 3.63) is 61.7 Å². The molecule has 2 aromatic rings. The second-order valence-corrected chi connectivity index (χ2v) is 6.12. The van der Waals surface area contributed by atoms with Crippen molar-refractivity contribution in [1.82, 2.24) is 0 Å². The molecule has 0 bridgehead atoms. The molecule has 0 heterocycles. The normalized spacial score (nSPS) is 10.3. The van der Waals surface area contributed by atoms with Crippen LogP contribution in [-0.4, -0.2) is 4.92 Å². The van der Waals surface area contributed by atoms with E-state index in [1.54, 1.807) is 30.0 Å². The van der Waals surface area contributed by atoms with Gasteiger partial charge in [0.05, 0.1) is 4.92 Å². The molecule has 2 aromatic carbocycles. The fourth-order valence-corrected chi connectivity index (χ4v) is 2.73. The van der Waals surface area contributed by atoms with E-state index in [1.165, 1.54) is 3.57 Å². The van der Waals surface area contributed by atoms with Crippen LogP contribution in [0, 0.1) is 20.6 Å². The van der Waals surface area contributed by atoms with Crippen molar-refractivity contribution < 1.29 is 4.92 Å². The Labute approximate surface area is 123 Å². The monoisotopic (exact) mass is 371 g/mol. The molecule has 5 heteroatoms. The van der Waals surface area contributed by atoms with E-state index in [9.17, 15) is 10.1 Å². The summed E-state index contributed by atoms with van der Waals surface area (Å²) in [5.41, 5.74) is 1.06. The maximum Gasteiger partial charge on any atom is 0.269 e. The Bertz CT molecular complexity index is 584. The Morgan fingerprint density at radius 2 is 1.83 bits per heavy atom. The Balaban J connectivity index is 2.24. The quantitative estimate of drug-likeness (QED) is 0.448. The average molecular weight is 371 g/mol. The smallest absolute Gasteiger partial charge is 0.258 e. The van der Waals surface area contributed by atoms with Crippen molar-refractivity contribution >= 4 is 40.0 Å². The first-order valence-electron chi connectivity index (χ1n) is 5.25. The average Bonchev–Trinajstić information content (AvgIpc) is 2.34. The molecule has 0 radical (unpaired) electrons. The lowest BCUT2D eigenvalue weighted by Crippen LogP contribution is -1.89. The van der Waals surface area contributed by atoms with E-state index in [1.807, 2.05) is 31.2 Å². The number of nitrogens with zero attached hydrogens (tertiary/aromatic N) is 1. The number of rotatable bonds is 3. The number of hydrogen-bond donors (Lipinski definition) is 0. The summed E-state index contributed by atoms with van der Waals surface area (Å²) in [4.78, 5) is 12.5. The van der Waals surface area contributed by atoms with Gasteiger partial charge in [-0.05, 0) is 65.4 Å². The van der Waals surface area contributed by atoms with Gasteiger partial charge in [0, 0.05) is 25.5 Å². The molecule has 0 N–H and O–H groups in total.